The molecule has 0 spiro atoms. The number of hydrogen-bond donors (Lipinski definition) is 1. The van der Waals surface area contributed by atoms with Crippen LogP contribution in [0.4, 0.5) is 0 Å². The molecule has 0 radical (unpaired) electrons. The van der Waals surface area contributed by atoms with Crippen LogP contribution in [0.15, 0.2) is 34.7 Å². The average Bonchev–Trinajstić information content (AvgIpc) is 2.77. The number of methoxy groups -OCH3 is 1. The normalized spacial score (nSPS) is 10.4. The van der Waals surface area contributed by atoms with E-state index in [4.69, 9.17) is 14.9 Å². The van der Waals surface area contributed by atoms with Crippen LogP contribution in [0.25, 0.3) is 11.3 Å². The van der Waals surface area contributed by atoms with Gasteiger partial charge in [-0.1, -0.05) is 0 Å². The van der Waals surface area contributed by atoms with Gasteiger partial charge in [0.05, 0.1) is 13.7 Å². The van der Waals surface area contributed by atoms with Crippen molar-refractivity contribution in [2.45, 2.75) is 13.5 Å². The third kappa shape index (κ3) is 1.95. The van der Waals surface area contributed by atoms with E-state index in [1.807, 2.05) is 37.3 Å². The summed E-state index contributed by atoms with van der Waals surface area (Å²) in [6.45, 7) is 2.46. The van der Waals surface area contributed by atoms with Gasteiger partial charge in [-0.2, -0.15) is 0 Å². The second-order valence-corrected chi connectivity index (χ2v) is 3.65. The Morgan fingerprint density at radius 3 is 2.62 bits per heavy atom. The number of aryl methyl sites for hydroxylation is 1. The van der Waals surface area contributed by atoms with Crippen LogP contribution in [0.1, 0.15) is 11.3 Å². The molecule has 0 saturated carbocycles. The van der Waals surface area contributed by atoms with E-state index in [2.05, 4.69) is 0 Å². The van der Waals surface area contributed by atoms with Gasteiger partial charge >= 0.3 is 0 Å². The topological polar surface area (TPSA) is 48.4 Å². The fourth-order valence-electron chi connectivity index (χ4n) is 1.67. The van der Waals surface area contributed by atoms with Crippen molar-refractivity contribution in [2.24, 2.45) is 5.73 Å². The lowest BCUT2D eigenvalue weighted by Gasteiger charge is -2.05. The van der Waals surface area contributed by atoms with E-state index in [9.17, 15) is 0 Å². The van der Waals surface area contributed by atoms with E-state index in [-0.39, 0.29) is 0 Å². The molecule has 3 heteroatoms. The standard InChI is InChI=1S/C13H15NO2/c1-9-7-10(15-2)3-5-12(9)13-6-4-11(8-14)16-13/h3-7H,8,14H2,1-2H3. The van der Waals surface area contributed by atoms with Crippen LogP contribution in [0, 0.1) is 6.92 Å². The molecular weight excluding hydrogens is 202 g/mol. The Labute approximate surface area is 94.8 Å². The zero-order valence-corrected chi connectivity index (χ0v) is 9.49. The highest BCUT2D eigenvalue weighted by atomic mass is 16.5. The van der Waals surface area contributed by atoms with Gasteiger partial charge in [0.2, 0.25) is 0 Å². The summed E-state index contributed by atoms with van der Waals surface area (Å²) in [6, 6.07) is 9.75. The minimum absolute atomic E-state index is 0.426. The van der Waals surface area contributed by atoms with Gasteiger partial charge in [-0.3, -0.25) is 0 Å². The zero-order chi connectivity index (χ0) is 11.5. The molecule has 0 amide bonds. The van der Waals surface area contributed by atoms with E-state index in [0.29, 0.717) is 6.54 Å². The molecule has 0 fully saturated rings. The van der Waals surface area contributed by atoms with Crippen LogP contribution < -0.4 is 10.5 Å². The SMILES string of the molecule is COc1ccc(-c2ccc(CN)o2)c(C)c1. The summed E-state index contributed by atoms with van der Waals surface area (Å²) in [4.78, 5) is 0. The maximum Gasteiger partial charge on any atom is 0.134 e. The Morgan fingerprint density at radius 1 is 1.25 bits per heavy atom. The molecule has 0 aliphatic rings. The van der Waals surface area contributed by atoms with Crippen molar-refractivity contribution in [2.75, 3.05) is 7.11 Å². The van der Waals surface area contributed by atoms with Gasteiger partial charge in [0, 0.05) is 5.56 Å². The van der Waals surface area contributed by atoms with Crippen molar-refractivity contribution in [3.8, 4) is 17.1 Å². The third-order valence-corrected chi connectivity index (χ3v) is 2.56. The maximum absolute atomic E-state index is 5.61. The molecule has 2 N–H and O–H groups in total. The van der Waals surface area contributed by atoms with Crippen molar-refractivity contribution in [1.29, 1.82) is 0 Å². The molecule has 0 unspecified atom stereocenters. The summed E-state index contributed by atoms with van der Waals surface area (Å²) in [5.41, 5.74) is 7.70. The molecule has 2 rings (SSSR count). The highest BCUT2D eigenvalue weighted by Crippen LogP contribution is 2.28. The van der Waals surface area contributed by atoms with Crippen molar-refractivity contribution in [3.05, 3.63) is 41.7 Å². The molecule has 0 atom stereocenters. The van der Waals surface area contributed by atoms with Crippen LogP contribution >= 0.6 is 0 Å². The summed E-state index contributed by atoms with van der Waals surface area (Å²) < 4.78 is 10.8. The third-order valence-electron chi connectivity index (χ3n) is 2.56. The first-order valence-electron chi connectivity index (χ1n) is 5.18. The monoisotopic (exact) mass is 217 g/mol. The number of benzene rings is 1. The molecule has 1 heterocycles. The minimum Gasteiger partial charge on any atom is -0.497 e. The molecule has 1 aromatic carbocycles. The fourth-order valence-corrected chi connectivity index (χ4v) is 1.67. The number of rotatable bonds is 3. The molecule has 16 heavy (non-hydrogen) atoms. The van der Waals surface area contributed by atoms with Crippen LogP contribution in [-0.2, 0) is 6.54 Å². The van der Waals surface area contributed by atoms with Gasteiger partial charge in [-0.05, 0) is 42.8 Å². The summed E-state index contributed by atoms with van der Waals surface area (Å²) >= 11 is 0. The molecule has 3 nitrogen and oxygen atoms in total. The first-order chi connectivity index (χ1) is 7.74. The number of ether oxygens (including phenoxy) is 1. The van der Waals surface area contributed by atoms with Crippen LogP contribution in [0.5, 0.6) is 5.75 Å². The quantitative estimate of drug-likeness (QED) is 0.859. The second kappa shape index (κ2) is 4.41. The Balaban J connectivity index is 2.40. The number of furan rings is 1. The van der Waals surface area contributed by atoms with E-state index in [0.717, 1.165) is 28.4 Å². The molecular formula is C13H15NO2. The predicted molar refractivity (Wildman–Crippen MR) is 63.3 cm³/mol. The Hall–Kier alpha value is -1.74. The van der Waals surface area contributed by atoms with Gasteiger partial charge in [0.15, 0.2) is 0 Å². The highest BCUT2D eigenvalue weighted by Gasteiger charge is 2.07. The molecule has 2 aromatic rings. The largest absolute Gasteiger partial charge is 0.497 e. The van der Waals surface area contributed by atoms with E-state index in [1.165, 1.54) is 0 Å². The Kier molecular flexibility index (Phi) is 2.97. The lowest BCUT2D eigenvalue weighted by Crippen LogP contribution is -1.92. The van der Waals surface area contributed by atoms with Crippen molar-refractivity contribution < 1.29 is 9.15 Å². The molecule has 0 aliphatic heterocycles. The Morgan fingerprint density at radius 2 is 2.06 bits per heavy atom. The van der Waals surface area contributed by atoms with E-state index < -0.39 is 0 Å². The van der Waals surface area contributed by atoms with E-state index in [1.54, 1.807) is 7.11 Å². The first-order valence-corrected chi connectivity index (χ1v) is 5.18. The molecule has 1 aromatic heterocycles. The lowest BCUT2D eigenvalue weighted by atomic mass is 10.1. The summed E-state index contributed by atoms with van der Waals surface area (Å²) in [5, 5.41) is 0. The van der Waals surface area contributed by atoms with Gasteiger partial charge in [-0.15, -0.1) is 0 Å². The van der Waals surface area contributed by atoms with Crippen LogP contribution in [0.3, 0.4) is 0 Å². The van der Waals surface area contributed by atoms with Gasteiger partial charge in [0.25, 0.3) is 0 Å². The summed E-state index contributed by atoms with van der Waals surface area (Å²) in [5.74, 6) is 2.50. The predicted octanol–water partition coefficient (Wildman–Crippen LogP) is 2.72. The molecule has 0 saturated heterocycles. The lowest BCUT2D eigenvalue weighted by molar-refractivity contribution is 0.414. The summed E-state index contributed by atoms with van der Waals surface area (Å²) in [7, 11) is 1.66. The first kappa shape index (κ1) is 10.8. The second-order valence-electron chi connectivity index (χ2n) is 3.65. The smallest absolute Gasteiger partial charge is 0.134 e. The maximum atomic E-state index is 5.61. The Bertz CT molecular complexity index is 488. The number of hydrogen-bond acceptors (Lipinski definition) is 3. The average molecular weight is 217 g/mol. The minimum atomic E-state index is 0.426. The van der Waals surface area contributed by atoms with Crippen molar-refractivity contribution in [3.63, 3.8) is 0 Å². The fraction of sp³-hybridized carbons (Fsp3) is 0.231. The van der Waals surface area contributed by atoms with Crippen molar-refractivity contribution in [1.82, 2.24) is 0 Å². The highest BCUT2D eigenvalue weighted by molar-refractivity contribution is 5.63. The zero-order valence-electron chi connectivity index (χ0n) is 9.49. The molecule has 0 aliphatic carbocycles. The van der Waals surface area contributed by atoms with Crippen molar-refractivity contribution >= 4 is 0 Å². The van der Waals surface area contributed by atoms with Crippen LogP contribution in [-0.4, -0.2) is 7.11 Å². The summed E-state index contributed by atoms with van der Waals surface area (Å²) in [6.07, 6.45) is 0. The van der Waals surface area contributed by atoms with Gasteiger partial charge < -0.3 is 14.9 Å². The van der Waals surface area contributed by atoms with Crippen LogP contribution in [0.2, 0.25) is 0 Å². The van der Waals surface area contributed by atoms with Gasteiger partial charge in [0.1, 0.15) is 17.3 Å². The molecule has 0 bridgehead atoms. The van der Waals surface area contributed by atoms with Gasteiger partial charge in [-0.25, -0.2) is 0 Å². The van der Waals surface area contributed by atoms with E-state index >= 15 is 0 Å². The molecule has 84 valence electrons. The number of nitrogens with two attached hydrogens (primary N) is 1.